The van der Waals surface area contributed by atoms with Gasteiger partial charge in [-0.1, -0.05) is 0 Å². The van der Waals surface area contributed by atoms with Crippen molar-refractivity contribution >= 4 is 11.6 Å². The topological polar surface area (TPSA) is 93.3 Å². The Morgan fingerprint density at radius 3 is 2.73 bits per heavy atom. The molecule has 1 aromatic heterocycles. The predicted molar refractivity (Wildman–Crippen MR) is 57.8 cm³/mol. The maximum absolute atomic E-state index is 9.11. The molecular weight excluding hydrogens is 196 g/mol. The molecule has 0 spiro atoms. The van der Waals surface area contributed by atoms with E-state index in [-0.39, 0.29) is 12.4 Å². The Hall–Kier alpha value is -1.56. The third-order valence-electron chi connectivity index (χ3n) is 1.89. The fraction of sp³-hybridized carbons (Fsp3) is 0.556. The Kier molecular flexibility index (Phi) is 3.31. The van der Waals surface area contributed by atoms with Gasteiger partial charge in [0, 0.05) is 0 Å². The number of aromatic nitrogens is 2. The van der Waals surface area contributed by atoms with Crippen molar-refractivity contribution in [2.45, 2.75) is 19.4 Å². The summed E-state index contributed by atoms with van der Waals surface area (Å²) in [6, 6.07) is 0. The summed E-state index contributed by atoms with van der Waals surface area (Å²) in [5.41, 5.74) is 5.12. The molecule has 0 unspecified atom stereocenters. The van der Waals surface area contributed by atoms with Gasteiger partial charge in [-0.25, -0.2) is 9.97 Å². The molecule has 4 N–H and O–H groups in total. The highest BCUT2D eigenvalue weighted by atomic mass is 16.5. The molecule has 1 aromatic rings. The van der Waals surface area contributed by atoms with Gasteiger partial charge in [-0.15, -0.1) is 0 Å². The molecule has 0 aliphatic carbocycles. The first-order valence-electron chi connectivity index (χ1n) is 4.53. The van der Waals surface area contributed by atoms with Crippen LogP contribution in [0.3, 0.4) is 0 Å². The van der Waals surface area contributed by atoms with Gasteiger partial charge >= 0.3 is 0 Å². The van der Waals surface area contributed by atoms with Crippen molar-refractivity contribution in [1.29, 1.82) is 0 Å². The first-order valence-corrected chi connectivity index (χ1v) is 4.53. The average molecular weight is 212 g/mol. The van der Waals surface area contributed by atoms with Gasteiger partial charge in [0.05, 0.1) is 19.3 Å². The number of nitrogen functional groups attached to an aromatic ring is 1. The van der Waals surface area contributed by atoms with Crippen molar-refractivity contribution < 1.29 is 9.84 Å². The molecule has 0 fully saturated rings. The summed E-state index contributed by atoms with van der Waals surface area (Å²) in [6.45, 7) is 3.65. The first kappa shape index (κ1) is 11.5. The Labute approximate surface area is 88.5 Å². The maximum atomic E-state index is 9.11. The number of hydrogen-bond donors (Lipinski definition) is 3. The molecule has 0 saturated carbocycles. The van der Waals surface area contributed by atoms with E-state index in [0.717, 1.165) is 0 Å². The number of anilines is 2. The molecule has 1 heterocycles. The highest BCUT2D eigenvalue weighted by Gasteiger charge is 2.20. The van der Waals surface area contributed by atoms with E-state index >= 15 is 0 Å². The number of methoxy groups -OCH3 is 1. The van der Waals surface area contributed by atoms with Gasteiger partial charge in [-0.2, -0.15) is 0 Å². The number of aliphatic hydroxyl groups is 1. The van der Waals surface area contributed by atoms with Gasteiger partial charge < -0.3 is 20.9 Å². The van der Waals surface area contributed by atoms with Crippen molar-refractivity contribution in [1.82, 2.24) is 9.97 Å². The SMILES string of the molecule is COc1c(N)ncnc1NC(C)(C)CO. The van der Waals surface area contributed by atoms with Crippen LogP contribution in [-0.4, -0.2) is 34.3 Å². The molecule has 6 heteroatoms. The van der Waals surface area contributed by atoms with Crippen molar-refractivity contribution in [3.05, 3.63) is 6.33 Å². The van der Waals surface area contributed by atoms with Gasteiger partial charge in [0.2, 0.25) is 5.75 Å². The molecule has 84 valence electrons. The second-order valence-electron chi connectivity index (χ2n) is 3.81. The second-order valence-corrected chi connectivity index (χ2v) is 3.81. The standard InChI is InChI=1S/C9H16N4O2/c1-9(2,4-14)13-8-6(15-3)7(10)11-5-12-8/h5,14H,4H2,1-3H3,(H3,10,11,12,13). The van der Waals surface area contributed by atoms with Crippen LogP contribution in [0.2, 0.25) is 0 Å². The zero-order chi connectivity index (χ0) is 11.5. The Balaban J connectivity index is 2.99. The molecule has 6 nitrogen and oxygen atoms in total. The summed E-state index contributed by atoms with van der Waals surface area (Å²) in [4.78, 5) is 7.81. The van der Waals surface area contributed by atoms with Crippen molar-refractivity contribution in [3.8, 4) is 5.75 Å². The number of hydrogen-bond acceptors (Lipinski definition) is 6. The first-order chi connectivity index (χ1) is 7.00. The fourth-order valence-electron chi connectivity index (χ4n) is 1.04. The summed E-state index contributed by atoms with van der Waals surface area (Å²) < 4.78 is 5.07. The molecule has 0 amide bonds. The lowest BCUT2D eigenvalue weighted by atomic mass is 10.1. The maximum Gasteiger partial charge on any atom is 0.203 e. The zero-order valence-electron chi connectivity index (χ0n) is 9.11. The number of nitrogens with two attached hydrogens (primary N) is 1. The van der Waals surface area contributed by atoms with Crippen LogP contribution in [-0.2, 0) is 0 Å². The number of rotatable bonds is 4. The molecule has 1 rings (SSSR count). The normalized spacial score (nSPS) is 11.2. The van der Waals surface area contributed by atoms with E-state index in [1.54, 1.807) is 0 Å². The summed E-state index contributed by atoms with van der Waals surface area (Å²) in [5, 5.41) is 12.1. The van der Waals surface area contributed by atoms with E-state index in [2.05, 4.69) is 15.3 Å². The van der Waals surface area contributed by atoms with E-state index < -0.39 is 5.54 Å². The minimum atomic E-state index is -0.492. The molecule has 0 atom stereocenters. The number of ether oxygens (including phenoxy) is 1. The quantitative estimate of drug-likeness (QED) is 0.662. The highest BCUT2D eigenvalue weighted by Crippen LogP contribution is 2.28. The molecular formula is C9H16N4O2. The van der Waals surface area contributed by atoms with Gasteiger partial charge in [-0.05, 0) is 13.8 Å². The lowest BCUT2D eigenvalue weighted by Gasteiger charge is -2.25. The van der Waals surface area contributed by atoms with Crippen molar-refractivity contribution in [3.63, 3.8) is 0 Å². The van der Waals surface area contributed by atoms with E-state index in [1.165, 1.54) is 13.4 Å². The summed E-state index contributed by atoms with van der Waals surface area (Å²) in [7, 11) is 1.49. The molecule has 15 heavy (non-hydrogen) atoms. The monoisotopic (exact) mass is 212 g/mol. The third-order valence-corrected chi connectivity index (χ3v) is 1.89. The number of nitrogens with one attached hydrogen (secondary N) is 1. The fourth-order valence-corrected chi connectivity index (χ4v) is 1.04. The van der Waals surface area contributed by atoms with E-state index in [0.29, 0.717) is 11.6 Å². The Morgan fingerprint density at radius 2 is 2.20 bits per heavy atom. The smallest absolute Gasteiger partial charge is 0.203 e. The third kappa shape index (κ3) is 2.69. The molecule has 0 aromatic carbocycles. The lowest BCUT2D eigenvalue weighted by Crippen LogP contribution is -2.35. The minimum absolute atomic E-state index is 0.0277. The van der Waals surface area contributed by atoms with Gasteiger partial charge in [0.25, 0.3) is 0 Å². The Bertz CT molecular complexity index is 341. The van der Waals surface area contributed by atoms with Crippen molar-refractivity contribution in [2.24, 2.45) is 0 Å². The number of aliphatic hydroxyl groups excluding tert-OH is 1. The predicted octanol–water partition coefficient (Wildman–Crippen LogP) is 0.250. The van der Waals surface area contributed by atoms with E-state index in [4.69, 9.17) is 15.6 Å². The van der Waals surface area contributed by atoms with Crippen LogP contribution < -0.4 is 15.8 Å². The molecule has 0 bridgehead atoms. The Morgan fingerprint density at radius 1 is 1.53 bits per heavy atom. The average Bonchev–Trinajstić information content (AvgIpc) is 2.18. The second kappa shape index (κ2) is 4.31. The molecule has 0 saturated heterocycles. The van der Waals surface area contributed by atoms with Gasteiger partial charge in [0.15, 0.2) is 11.6 Å². The molecule has 0 aliphatic rings. The largest absolute Gasteiger partial charge is 0.490 e. The van der Waals surface area contributed by atoms with Gasteiger partial charge in [-0.3, -0.25) is 0 Å². The van der Waals surface area contributed by atoms with Crippen LogP contribution in [0.4, 0.5) is 11.6 Å². The molecule has 0 radical (unpaired) electrons. The van der Waals surface area contributed by atoms with Crippen LogP contribution >= 0.6 is 0 Å². The zero-order valence-corrected chi connectivity index (χ0v) is 9.11. The number of nitrogens with zero attached hydrogens (tertiary/aromatic N) is 2. The summed E-state index contributed by atoms with van der Waals surface area (Å²) >= 11 is 0. The van der Waals surface area contributed by atoms with Crippen molar-refractivity contribution in [2.75, 3.05) is 24.8 Å². The van der Waals surface area contributed by atoms with E-state index in [1.807, 2.05) is 13.8 Å². The van der Waals surface area contributed by atoms with Crippen LogP contribution in [0.15, 0.2) is 6.33 Å². The van der Waals surface area contributed by atoms with Crippen LogP contribution in [0, 0.1) is 0 Å². The van der Waals surface area contributed by atoms with Crippen LogP contribution in [0.1, 0.15) is 13.8 Å². The lowest BCUT2D eigenvalue weighted by molar-refractivity contribution is 0.233. The summed E-state index contributed by atoms with van der Waals surface area (Å²) in [6.07, 6.45) is 1.34. The summed E-state index contributed by atoms with van der Waals surface area (Å²) in [5.74, 6) is 1.13. The van der Waals surface area contributed by atoms with Crippen LogP contribution in [0.25, 0.3) is 0 Å². The van der Waals surface area contributed by atoms with E-state index in [9.17, 15) is 0 Å². The molecule has 0 aliphatic heterocycles. The highest BCUT2D eigenvalue weighted by molar-refractivity contribution is 5.62. The van der Waals surface area contributed by atoms with Gasteiger partial charge in [0.1, 0.15) is 6.33 Å². The van der Waals surface area contributed by atoms with Crippen LogP contribution in [0.5, 0.6) is 5.75 Å². The minimum Gasteiger partial charge on any atom is -0.490 e.